The third kappa shape index (κ3) is 4.50. The molecule has 1 aliphatic heterocycles. The molecule has 0 unspecified atom stereocenters. The van der Waals surface area contributed by atoms with Crippen molar-refractivity contribution in [1.82, 2.24) is 4.98 Å². The van der Waals surface area contributed by atoms with E-state index in [9.17, 15) is 21.6 Å². The third-order valence-electron chi connectivity index (χ3n) is 5.81. The first-order chi connectivity index (χ1) is 17.3. The van der Waals surface area contributed by atoms with Gasteiger partial charge in [-0.05, 0) is 60.3 Å². The number of carbonyl (C=O) groups is 1. The molecule has 0 aliphatic carbocycles. The molecule has 1 aromatic heterocycles. The summed E-state index contributed by atoms with van der Waals surface area (Å²) in [5, 5.41) is 4.28. The first-order valence-corrected chi connectivity index (χ1v) is 14.1. The number of aromatic nitrogens is 1. The van der Waals surface area contributed by atoms with Crippen LogP contribution in [0.5, 0.6) is 0 Å². The number of benzene rings is 3. The zero-order chi connectivity index (χ0) is 25.3. The Morgan fingerprint density at radius 2 is 1.67 bits per heavy atom. The predicted octanol–water partition coefficient (Wildman–Crippen LogP) is 3.96. The number of rotatable bonds is 8. The van der Waals surface area contributed by atoms with Crippen LogP contribution in [0.2, 0.25) is 0 Å². The quantitative estimate of drug-likeness (QED) is 0.361. The molecule has 184 valence electrons. The molecule has 36 heavy (non-hydrogen) atoms. The molecule has 0 radical (unpaired) electrons. The fraction of sp³-hybridized carbons (Fsp3) is 0.120. The van der Waals surface area contributed by atoms with Gasteiger partial charge in [0, 0.05) is 30.2 Å². The molecule has 0 bridgehead atoms. The van der Waals surface area contributed by atoms with Gasteiger partial charge in [-0.1, -0.05) is 24.3 Å². The van der Waals surface area contributed by atoms with E-state index < -0.39 is 20.0 Å². The van der Waals surface area contributed by atoms with E-state index in [4.69, 9.17) is 0 Å². The average molecular weight is 523 g/mol. The second-order valence-electron chi connectivity index (χ2n) is 8.23. The largest absolute Gasteiger partial charge is 0.326 e. The van der Waals surface area contributed by atoms with Gasteiger partial charge in [-0.2, -0.15) is 0 Å². The van der Waals surface area contributed by atoms with Crippen molar-refractivity contribution in [2.75, 3.05) is 20.9 Å². The van der Waals surface area contributed by atoms with Gasteiger partial charge >= 0.3 is 0 Å². The smallest absolute Gasteiger partial charge is 0.265 e. The Morgan fingerprint density at radius 1 is 0.917 bits per heavy atom. The number of nitrogens with zero attached hydrogens (tertiary/aromatic N) is 2. The van der Waals surface area contributed by atoms with Gasteiger partial charge < -0.3 is 5.32 Å². The summed E-state index contributed by atoms with van der Waals surface area (Å²) in [7, 11) is -7.46. The first-order valence-electron chi connectivity index (χ1n) is 11.1. The van der Waals surface area contributed by atoms with Gasteiger partial charge in [0.05, 0.1) is 27.4 Å². The minimum Gasteiger partial charge on any atom is -0.326 e. The lowest BCUT2D eigenvalue weighted by Gasteiger charge is -2.18. The van der Waals surface area contributed by atoms with Crippen LogP contribution in [0.3, 0.4) is 0 Å². The molecule has 2 heterocycles. The van der Waals surface area contributed by atoms with Gasteiger partial charge in [0.25, 0.3) is 20.0 Å². The molecule has 5 rings (SSSR count). The van der Waals surface area contributed by atoms with Gasteiger partial charge in [-0.25, -0.2) is 16.8 Å². The van der Waals surface area contributed by atoms with E-state index in [1.807, 2.05) is 18.2 Å². The van der Waals surface area contributed by atoms with Gasteiger partial charge in [0.15, 0.2) is 0 Å². The maximum absolute atomic E-state index is 13.0. The second kappa shape index (κ2) is 9.25. The van der Waals surface area contributed by atoms with Crippen molar-refractivity contribution >= 4 is 53.8 Å². The highest BCUT2D eigenvalue weighted by Gasteiger charge is 2.35. The second-order valence-corrected chi connectivity index (χ2v) is 11.7. The zero-order valence-corrected chi connectivity index (χ0v) is 20.6. The minimum absolute atomic E-state index is 0.0392. The highest BCUT2D eigenvalue weighted by molar-refractivity contribution is 7.93. The SMILES string of the molecule is O=C(CCCN1c2cccc3cccc(c23)S1(=O)=O)Nc1ccc(S(=O)(=O)Nc2cccnc2)cc1. The number of anilines is 3. The van der Waals surface area contributed by atoms with E-state index in [1.54, 1.807) is 36.5 Å². The molecule has 1 aliphatic rings. The number of sulfonamides is 2. The van der Waals surface area contributed by atoms with Crippen LogP contribution in [-0.2, 0) is 24.8 Å². The van der Waals surface area contributed by atoms with Crippen molar-refractivity contribution in [3.05, 3.63) is 85.2 Å². The molecule has 4 aromatic rings. The van der Waals surface area contributed by atoms with E-state index >= 15 is 0 Å². The third-order valence-corrected chi connectivity index (χ3v) is 9.06. The van der Waals surface area contributed by atoms with Gasteiger partial charge in [0.1, 0.15) is 0 Å². The van der Waals surface area contributed by atoms with Crippen molar-refractivity contribution in [2.45, 2.75) is 22.6 Å². The van der Waals surface area contributed by atoms with E-state index in [0.29, 0.717) is 28.9 Å². The van der Waals surface area contributed by atoms with Crippen LogP contribution in [0.4, 0.5) is 17.1 Å². The van der Waals surface area contributed by atoms with E-state index in [1.165, 1.54) is 34.8 Å². The number of pyridine rings is 1. The number of amides is 1. The first kappa shape index (κ1) is 23.8. The van der Waals surface area contributed by atoms with E-state index in [0.717, 1.165) is 5.39 Å². The average Bonchev–Trinajstić information content (AvgIpc) is 3.08. The summed E-state index contributed by atoms with van der Waals surface area (Å²) >= 11 is 0. The van der Waals surface area contributed by atoms with Crippen LogP contribution in [-0.4, -0.2) is 34.3 Å². The molecular weight excluding hydrogens is 500 g/mol. The predicted molar refractivity (Wildman–Crippen MR) is 138 cm³/mol. The van der Waals surface area contributed by atoms with Crippen LogP contribution < -0.4 is 14.3 Å². The molecule has 0 saturated heterocycles. The Hall–Kier alpha value is -3.96. The number of nitrogens with one attached hydrogen (secondary N) is 2. The van der Waals surface area contributed by atoms with Gasteiger partial charge in [0.2, 0.25) is 5.91 Å². The molecule has 1 amide bonds. The van der Waals surface area contributed by atoms with Crippen molar-refractivity contribution < 1.29 is 21.6 Å². The summed E-state index contributed by atoms with van der Waals surface area (Å²) in [5.41, 5.74) is 1.40. The Kier molecular flexibility index (Phi) is 6.10. The number of hydrogen-bond donors (Lipinski definition) is 2. The Labute approximate surface area is 208 Å². The van der Waals surface area contributed by atoms with Crippen molar-refractivity contribution in [3.63, 3.8) is 0 Å². The maximum atomic E-state index is 13.0. The van der Waals surface area contributed by atoms with Crippen LogP contribution in [0.15, 0.2) is 95.0 Å². The van der Waals surface area contributed by atoms with Crippen molar-refractivity contribution in [1.29, 1.82) is 0 Å². The van der Waals surface area contributed by atoms with Crippen LogP contribution >= 0.6 is 0 Å². The summed E-state index contributed by atoms with van der Waals surface area (Å²) in [6, 6.07) is 19.7. The molecule has 0 atom stereocenters. The summed E-state index contributed by atoms with van der Waals surface area (Å²) in [5.74, 6) is -0.300. The van der Waals surface area contributed by atoms with E-state index in [2.05, 4.69) is 15.0 Å². The summed E-state index contributed by atoms with van der Waals surface area (Å²) in [6.07, 6.45) is 3.36. The van der Waals surface area contributed by atoms with Gasteiger partial charge in [-0.15, -0.1) is 0 Å². The Balaban J connectivity index is 1.19. The topological polar surface area (TPSA) is 126 Å². The molecule has 11 heteroatoms. The maximum Gasteiger partial charge on any atom is 0.265 e. The molecule has 3 aromatic carbocycles. The molecule has 9 nitrogen and oxygen atoms in total. The van der Waals surface area contributed by atoms with Gasteiger partial charge in [-0.3, -0.25) is 18.8 Å². The zero-order valence-electron chi connectivity index (χ0n) is 19.0. The Morgan fingerprint density at radius 3 is 2.39 bits per heavy atom. The number of carbonyl (C=O) groups excluding carboxylic acids is 1. The molecule has 0 fully saturated rings. The summed E-state index contributed by atoms with van der Waals surface area (Å²) in [6.45, 7) is 0.167. The van der Waals surface area contributed by atoms with Crippen LogP contribution in [0.1, 0.15) is 12.8 Å². The lowest BCUT2D eigenvalue weighted by molar-refractivity contribution is -0.116. The lowest BCUT2D eigenvalue weighted by Crippen LogP contribution is -2.28. The lowest BCUT2D eigenvalue weighted by atomic mass is 10.1. The monoisotopic (exact) mass is 522 g/mol. The number of hydrogen-bond acceptors (Lipinski definition) is 6. The standard InChI is InChI=1S/C25H22N4O5S2/c30-24(27-19-11-13-21(14-12-19)35(31,32)28-20-7-3-15-26-17-20)10-4-16-29-22-8-1-5-18-6-2-9-23(25(18)22)36(29,33)34/h1-3,5-9,11-15,17,28H,4,10,16H2,(H,27,30). The highest BCUT2D eigenvalue weighted by Crippen LogP contribution is 2.42. The normalized spacial score (nSPS) is 14.1. The van der Waals surface area contributed by atoms with E-state index in [-0.39, 0.29) is 28.7 Å². The molecule has 0 spiro atoms. The van der Waals surface area contributed by atoms with Crippen molar-refractivity contribution in [3.8, 4) is 0 Å². The van der Waals surface area contributed by atoms with Crippen LogP contribution in [0, 0.1) is 0 Å². The fourth-order valence-corrected chi connectivity index (χ4v) is 6.95. The summed E-state index contributed by atoms with van der Waals surface area (Å²) in [4.78, 5) is 16.7. The molecular formula is C25H22N4O5S2. The minimum atomic E-state index is -3.80. The summed E-state index contributed by atoms with van der Waals surface area (Å²) < 4.78 is 54.9. The Bertz CT molecular complexity index is 1650. The van der Waals surface area contributed by atoms with Crippen LogP contribution in [0.25, 0.3) is 10.8 Å². The molecule has 0 saturated carbocycles. The molecule has 2 N–H and O–H groups in total. The highest BCUT2D eigenvalue weighted by atomic mass is 32.2. The fourth-order valence-electron chi connectivity index (χ4n) is 4.16. The van der Waals surface area contributed by atoms with Crippen molar-refractivity contribution in [2.24, 2.45) is 0 Å².